The Bertz CT molecular complexity index is 902. The van der Waals surface area contributed by atoms with Crippen LogP contribution in [0.2, 0.25) is 0 Å². The van der Waals surface area contributed by atoms with Crippen molar-refractivity contribution < 1.29 is 19.5 Å². The van der Waals surface area contributed by atoms with Crippen molar-refractivity contribution in [2.75, 3.05) is 13.2 Å². The number of oxime groups is 1. The fourth-order valence-corrected chi connectivity index (χ4v) is 2.76. The lowest BCUT2D eigenvalue weighted by molar-refractivity contribution is -0.139. The molecule has 6 nitrogen and oxygen atoms in total. The van der Waals surface area contributed by atoms with Gasteiger partial charge >= 0.3 is 5.97 Å². The molecule has 0 unspecified atom stereocenters. The highest BCUT2D eigenvalue weighted by molar-refractivity contribution is 6.12. The van der Waals surface area contributed by atoms with Crippen LogP contribution in [0.25, 0.3) is 0 Å². The zero-order valence-electron chi connectivity index (χ0n) is 15.9. The number of hydrogen-bond donors (Lipinski definition) is 1. The third-order valence-electron chi connectivity index (χ3n) is 4.10. The van der Waals surface area contributed by atoms with Crippen LogP contribution in [-0.2, 0) is 16.1 Å². The molecule has 6 heteroatoms. The number of carboxylic acids is 1. The molecule has 0 saturated heterocycles. The predicted molar refractivity (Wildman–Crippen MR) is 110 cm³/mol. The Balaban J connectivity index is 1.57. The number of ether oxygens (including phenoxy) is 1. The lowest BCUT2D eigenvalue weighted by Gasteiger charge is -2.08. The van der Waals surface area contributed by atoms with Crippen LogP contribution in [0.3, 0.4) is 0 Å². The minimum absolute atomic E-state index is 0.349. The maximum atomic E-state index is 10.6. The molecular weight excluding hydrogens is 368 g/mol. The van der Waals surface area contributed by atoms with E-state index in [9.17, 15) is 4.79 Å². The van der Waals surface area contributed by atoms with E-state index in [0.29, 0.717) is 12.4 Å². The molecule has 3 rings (SSSR count). The molecule has 0 radical (unpaired) electrons. The molecule has 0 aliphatic heterocycles. The first-order valence-electron chi connectivity index (χ1n) is 9.31. The number of aliphatic carboxylic acids is 1. The second-order valence-electron chi connectivity index (χ2n) is 6.31. The monoisotopic (exact) mass is 390 g/mol. The fourth-order valence-electron chi connectivity index (χ4n) is 2.76. The van der Waals surface area contributed by atoms with Crippen molar-refractivity contribution in [1.82, 2.24) is 4.98 Å². The van der Waals surface area contributed by atoms with E-state index in [4.69, 9.17) is 14.7 Å². The SMILES string of the molecule is O=C(O)COc1cccc(CCCO/N=C(/c2ccccc2)c2cccnc2)c1. The average Bonchev–Trinajstić information content (AvgIpc) is 2.76. The lowest BCUT2D eigenvalue weighted by Crippen LogP contribution is -2.09. The molecule has 0 atom stereocenters. The van der Waals surface area contributed by atoms with E-state index in [1.807, 2.05) is 60.7 Å². The van der Waals surface area contributed by atoms with E-state index in [0.717, 1.165) is 35.2 Å². The van der Waals surface area contributed by atoms with Gasteiger partial charge in [-0.1, -0.05) is 47.6 Å². The molecule has 0 bridgehead atoms. The van der Waals surface area contributed by atoms with Gasteiger partial charge in [-0.05, 0) is 42.7 Å². The third-order valence-corrected chi connectivity index (χ3v) is 4.10. The van der Waals surface area contributed by atoms with Gasteiger partial charge in [0.1, 0.15) is 18.1 Å². The maximum absolute atomic E-state index is 10.6. The quantitative estimate of drug-likeness (QED) is 0.322. The fraction of sp³-hybridized carbons (Fsp3) is 0.174. The highest BCUT2D eigenvalue weighted by atomic mass is 16.6. The van der Waals surface area contributed by atoms with Gasteiger partial charge in [-0.2, -0.15) is 0 Å². The standard InChI is InChI=1S/C23H22N2O4/c26-22(27)17-28-21-12-4-7-18(15-21)8-6-14-29-25-23(19-9-2-1-3-10-19)20-11-5-13-24-16-20/h1-5,7,9-13,15-16H,6,8,14,17H2,(H,26,27)/b25-23-. The van der Waals surface area contributed by atoms with Crippen molar-refractivity contribution in [2.45, 2.75) is 12.8 Å². The summed E-state index contributed by atoms with van der Waals surface area (Å²) in [6, 6.07) is 21.1. The molecule has 1 N–H and O–H groups in total. The highest BCUT2D eigenvalue weighted by Gasteiger charge is 2.07. The first kappa shape index (κ1) is 20.1. The number of pyridine rings is 1. The van der Waals surface area contributed by atoms with Gasteiger partial charge in [-0.25, -0.2) is 4.79 Å². The first-order valence-corrected chi connectivity index (χ1v) is 9.31. The number of benzene rings is 2. The molecule has 148 valence electrons. The van der Waals surface area contributed by atoms with Crippen LogP contribution in [0.5, 0.6) is 5.75 Å². The number of rotatable bonds is 10. The number of hydrogen-bond acceptors (Lipinski definition) is 5. The van der Waals surface area contributed by atoms with Gasteiger partial charge in [0, 0.05) is 23.5 Å². The molecule has 29 heavy (non-hydrogen) atoms. The predicted octanol–water partition coefficient (Wildman–Crippen LogP) is 3.95. The molecular formula is C23H22N2O4. The molecule has 0 fully saturated rings. The van der Waals surface area contributed by atoms with Crippen LogP contribution in [0, 0.1) is 0 Å². The summed E-state index contributed by atoms with van der Waals surface area (Å²) in [6.07, 6.45) is 5.02. The van der Waals surface area contributed by atoms with Crippen molar-refractivity contribution in [1.29, 1.82) is 0 Å². The summed E-state index contributed by atoms with van der Waals surface area (Å²) >= 11 is 0. The number of aryl methyl sites for hydroxylation is 1. The summed E-state index contributed by atoms with van der Waals surface area (Å²) in [5.41, 5.74) is 3.64. The normalized spacial score (nSPS) is 11.1. The van der Waals surface area contributed by atoms with Crippen LogP contribution < -0.4 is 4.74 Å². The van der Waals surface area contributed by atoms with Crippen LogP contribution in [0.1, 0.15) is 23.1 Å². The molecule has 3 aromatic rings. The molecule has 0 aliphatic rings. The second kappa shape index (κ2) is 10.6. The highest BCUT2D eigenvalue weighted by Crippen LogP contribution is 2.15. The van der Waals surface area contributed by atoms with Crippen molar-refractivity contribution in [2.24, 2.45) is 5.16 Å². The van der Waals surface area contributed by atoms with Crippen molar-refractivity contribution in [3.05, 3.63) is 95.8 Å². The summed E-state index contributed by atoms with van der Waals surface area (Å²) in [5, 5.41) is 13.0. The molecule has 1 heterocycles. The van der Waals surface area contributed by atoms with Crippen LogP contribution in [0.15, 0.2) is 84.3 Å². The molecule has 2 aromatic carbocycles. The van der Waals surface area contributed by atoms with Gasteiger partial charge in [0.05, 0.1) is 0 Å². The van der Waals surface area contributed by atoms with Gasteiger partial charge in [-0.15, -0.1) is 0 Å². The van der Waals surface area contributed by atoms with E-state index < -0.39 is 5.97 Å². The molecule has 0 aliphatic carbocycles. The summed E-state index contributed by atoms with van der Waals surface area (Å²) in [7, 11) is 0. The van der Waals surface area contributed by atoms with E-state index in [1.54, 1.807) is 18.5 Å². The van der Waals surface area contributed by atoms with E-state index in [1.165, 1.54) is 0 Å². The molecule has 0 spiro atoms. The Morgan fingerprint density at radius 2 is 1.83 bits per heavy atom. The summed E-state index contributed by atoms with van der Waals surface area (Å²) in [6.45, 7) is 0.106. The van der Waals surface area contributed by atoms with Crippen molar-refractivity contribution >= 4 is 11.7 Å². The van der Waals surface area contributed by atoms with Gasteiger partial charge in [-0.3, -0.25) is 4.98 Å². The topological polar surface area (TPSA) is 81.0 Å². The molecule has 1 aromatic heterocycles. The number of carbonyl (C=O) groups is 1. The smallest absolute Gasteiger partial charge is 0.341 e. The van der Waals surface area contributed by atoms with E-state index in [2.05, 4.69) is 10.1 Å². The summed E-state index contributed by atoms with van der Waals surface area (Å²) < 4.78 is 5.21. The van der Waals surface area contributed by atoms with Gasteiger partial charge in [0.15, 0.2) is 6.61 Å². The minimum atomic E-state index is -0.996. The van der Waals surface area contributed by atoms with E-state index in [-0.39, 0.29) is 6.61 Å². The lowest BCUT2D eigenvalue weighted by atomic mass is 10.0. The Morgan fingerprint density at radius 3 is 2.59 bits per heavy atom. The number of nitrogens with zero attached hydrogens (tertiary/aromatic N) is 2. The van der Waals surface area contributed by atoms with Gasteiger partial charge < -0.3 is 14.7 Å². The third kappa shape index (κ3) is 6.46. The van der Waals surface area contributed by atoms with Gasteiger partial charge in [0.2, 0.25) is 0 Å². The van der Waals surface area contributed by atoms with Crippen molar-refractivity contribution in [3.63, 3.8) is 0 Å². The largest absolute Gasteiger partial charge is 0.482 e. The van der Waals surface area contributed by atoms with Crippen LogP contribution >= 0.6 is 0 Å². The van der Waals surface area contributed by atoms with Crippen molar-refractivity contribution in [3.8, 4) is 5.75 Å². The Hall–Kier alpha value is -3.67. The first-order chi connectivity index (χ1) is 14.2. The average molecular weight is 390 g/mol. The maximum Gasteiger partial charge on any atom is 0.341 e. The van der Waals surface area contributed by atoms with Crippen LogP contribution in [0.4, 0.5) is 0 Å². The molecule has 0 amide bonds. The number of carboxylic acid groups (broad SMARTS) is 1. The summed E-state index contributed by atoms with van der Waals surface area (Å²) in [5.74, 6) is -0.448. The Kier molecular flexibility index (Phi) is 7.34. The van der Waals surface area contributed by atoms with Gasteiger partial charge in [0.25, 0.3) is 0 Å². The minimum Gasteiger partial charge on any atom is -0.482 e. The zero-order chi connectivity index (χ0) is 20.3. The number of aromatic nitrogens is 1. The molecule has 0 saturated carbocycles. The Labute approximate surface area is 169 Å². The second-order valence-corrected chi connectivity index (χ2v) is 6.31. The summed E-state index contributed by atoms with van der Waals surface area (Å²) in [4.78, 5) is 20.4. The van der Waals surface area contributed by atoms with E-state index >= 15 is 0 Å². The zero-order valence-corrected chi connectivity index (χ0v) is 15.9. The van der Waals surface area contributed by atoms with Crippen LogP contribution in [-0.4, -0.2) is 35.0 Å². The Morgan fingerprint density at radius 1 is 1.00 bits per heavy atom.